The van der Waals surface area contributed by atoms with Crippen molar-refractivity contribution in [2.75, 3.05) is 6.54 Å². The van der Waals surface area contributed by atoms with Crippen LogP contribution in [-0.2, 0) is 17.4 Å². The van der Waals surface area contributed by atoms with E-state index in [1.807, 2.05) is 27.7 Å². The fraction of sp³-hybridized carbons (Fsp3) is 0.583. The molecule has 5 nitrogen and oxygen atoms in total. The van der Waals surface area contributed by atoms with Gasteiger partial charge in [-0.3, -0.25) is 4.79 Å². The van der Waals surface area contributed by atoms with Gasteiger partial charge >= 0.3 is 18.3 Å². The Morgan fingerprint density at radius 3 is 2.14 bits per heavy atom. The zero-order valence-electron chi connectivity index (χ0n) is 20.0. The van der Waals surface area contributed by atoms with Crippen LogP contribution in [0.5, 0.6) is 0 Å². The minimum absolute atomic E-state index is 0.132. The maximum atomic E-state index is 13.4. The van der Waals surface area contributed by atoms with Gasteiger partial charge in [0.25, 0.3) is 0 Å². The van der Waals surface area contributed by atoms with Crippen LogP contribution in [0.4, 0.5) is 26.3 Å². The Labute approximate surface area is 199 Å². The highest BCUT2D eigenvalue weighted by Crippen LogP contribution is 2.35. The second-order valence-electron chi connectivity index (χ2n) is 10.3. The van der Waals surface area contributed by atoms with Crippen molar-refractivity contribution in [1.82, 2.24) is 15.4 Å². The van der Waals surface area contributed by atoms with Crippen LogP contribution in [0, 0.1) is 0 Å². The number of hydrogen-bond donors (Lipinski definition) is 1. The quantitative estimate of drug-likeness (QED) is 0.490. The first-order valence-electron chi connectivity index (χ1n) is 11.3. The maximum Gasteiger partial charge on any atom is 0.471 e. The summed E-state index contributed by atoms with van der Waals surface area (Å²) in [6, 6.07) is 3.75. The lowest BCUT2D eigenvalue weighted by molar-refractivity contribution is -0.189. The van der Waals surface area contributed by atoms with Gasteiger partial charge in [-0.25, -0.2) is 0 Å². The summed E-state index contributed by atoms with van der Waals surface area (Å²) < 4.78 is 84.0. The molecule has 0 radical (unpaired) electrons. The third kappa shape index (κ3) is 6.77. The van der Waals surface area contributed by atoms with Crippen LogP contribution in [0.1, 0.15) is 58.1 Å². The van der Waals surface area contributed by atoms with E-state index in [1.54, 1.807) is 0 Å². The molecule has 0 unspecified atom stereocenters. The molecule has 194 valence electrons. The largest absolute Gasteiger partial charge is 0.471 e. The number of aryl methyl sites for hydroxylation is 1. The number of amides is 1. The average molecular weight is 506 g/mol. The second-order valence-corrected chi connectivity index (χ2v) is 10.3. The van der Waals surface area contributed by atoms with Gasteiger partial charge in [0, 0.05) is 34.8 Å². The van der Waals surface area contributed by atoms with Crippen molar-refractivity contribution in [3.8, 4) is 11.3 Å². The number of carbonyl (C=O) groups excluding carboxylic acids is 1. The van der Waals surface area contributed by atoms with Crippen molar-refractivity contribution in [3.63, 3.8) is 0 Å². The third-order valence-corrected chi connectivity index (χ3v) is 6.08. The van der Waals surface area contributed by atoms with Gasteiger partial charge in [0.2, 0.25) is 0 Å². The number of aromatic nitrogens is 1. The number of nitrogens with one attached hydrogen (secondary N) is 1. The number of alkyl halides is 6. The molecule has 0 saturated carbocycles. The third-order valence-electron chi connectivity index (χ3n) is 6.08. The van der Waals surface area contributed by atoms with Gasteiger partial charge < -0.3 is 14.7 Å². The number of benzene rings is 1. The number of rotatable bonds is 6. The van der Waals surface area contributed by atoms with Crippen LogP contribution in [0.2, 0.25) is 0 Å². The standard InChI is InChI=1S/C24H29F6N3O2/c1-21(2)12-18(13-22(3,4)32-21)33(20(34)24(28,29)30)11-5-6-16-14-31-35-19(16)15-7-9-17(10-8-15)23(25,26)27/h7-10,14,18,32H,5-6,11-13H2,1-4H3. The summed E-state index contributed by atoms with van der Waals surface area (Å²) in [6.45, 7) is 7.44. The summed E-state index contributed by atoms with van der Waals surface area (Å²) in [5, 5.41) is 7.11. The maximum absolute atomic E-state index is 13.4. The van der Waals surface area contributed by atoms with E-state index in [0.29, 0.717) is 24.0 Å². The van der Waals surface area contributed by atoms with Crippen LogP contribution >= 0.6 is 0 Å². The number of hydrogen-bond acceptors (Lipinski definition) is 4. The highest BCUT2D eigenvalue weighted by molar-refractivity contribution is 5.82. The Morgan fingerprint density at radius 2 is 1.63 bits per heavy atom. The zero-order chi connectivity index (χ0) is 26.2. The molecule has 1 aliphatic rings. The molecule has 0 spiro atoms. The summed E-state index contributed by atoms with van der Waals surface area (Å²) in [5.74, 6) is -1.62. The van der Waals surface area contributed by atoms with E-state index in [-0.39, 0.29) is 25.1 Å². The predicted molar refractivity (Wildman–Crippen MR) is 117 cm³/mol. The van der Waals surface area contributed by atoms with Gasteiger partial charge in [-0.2, -0.15) is 26.3 Å². The number of carbonyl (C=O) groups is 1. The second kappa shape index (κ2) is 9.48. The van der Waals surface area contributed by atoms with Crippen molar-refractivity contribution in [1.29, 1.82) is 0 Å². The SMILES string of the molecule is CC1(C)CC(N(CCCc2cnoc2-c2ccc(C(F)(F)F)cc2)C(=O)C(F)(F)F)CC(C)(C)N1. The van der Waals surface area contributed by atoms with Gasteiger partial charge in [0.1, 0.15) is 0 Å². The van der Waals surface area contributed by atoms with Gasteiger partial charge in [-0.15, -0.1) is 0 Å². The smallest absolute Gasteiger partial charge is 0.356 e. The molecule has 11 heteroatoms. The minimum atomic E-state index is -5.00. The van der Waals surface area contributed by atoms with Crippen molar-refractivity contribution in [2.45, 2.75) is 82.9 Å². The molecule has 2 aromatic rings. The molecule has 1 amide bonds. The molecule has 1 fully saturated rings. The van der Waals surface area contributed by atoms with Crippen LogP contribution in [0.25, 0.3) is 11.3 Å². The van der Waals surface area contributed by atoms with Crippen molar-refractivity contribution >= 4 is 5.91 Å². The molecular weight excluding hydrogens is 476 g/mol. The Morgan fingerprint density at radius 1 is 1.06 bits per heavy atom. The molecule has 3 rings (SSSR count). The summed E-state index contributed by atoms with van der Waals surface area (Å²) in [7, 11) is 0. The fourth-order valence-corrected chi connectivity index (χ4v) is 5.03. The summed E-state index contributed by atoms with van der Waals surface area (Å²) in [5.41, 5.74) is -0.816. The monoisotopic (exact) mass is 505 g/mol. The highest BCUT2D eigenvalue weighted by Gasteiger charge is 2.48. The van der Waals surface area contributed by atoms with Gasteiger partial charge in [-0.1, -0.05) is 17.3 Å². The van der Waals surface area contributed by atoms with Crippen LogP contribution in [0.15, 0.2) is 35.0 Å². The Balaban J connectivity index is 1.75. The minimum Gasteiger partial charge on any atom is -0.356 e. The summed E-state index contributed by atoms with van der Waals surface area (Å²) in [6.07, 6.45) is -6.93. The van der Waals surface area contributed by atoms with E-state index < -0.39 is 40.9 Å². The topological polar surface area (TPSA) is 58.4 Å². The predicted octanol–water partition coefficient (Wildman–Crippen LogP) is 5.99. The van der Waals surface area contributed by atoms with Gasteiger partial charge in [0.15, 0.2) is 5.76 Å². The molecule has 2 heterocycles. The summed E-state index contributed by atoms with van der Waals surface area (Å²) >= 11 is 0. The molecule has 0 atom stereocenters. The van der Waals surface area contributed by atoms with Crippen LogP contribution < -0.4 is 5.32 Å². The molecule has 1 N–H and O–H groups in total. The molecule has 35 heavy (non-hydrogen) atoms. The van der Waals surface area contributed by atoms with Gasteiger partial charge in [0.05, 0.1) is 11.8 Å². The number of halogens is 6. The van der Waals surface area contributed by atoms with E-state index in [1.165, 1.54) is 18.3 Å². The van der Waals surface area contributed by atoms with Crippen molar-refractivity contribution in [3.05, 3.63) is 41.6 Å². The van der Waals surface area contributed by atoms with E-state index in [4.69, 9.17) is 4.52 Å². The highest BCUT2D eigenvalue weighted by atomic mass is 19.4. The molecule has 0 aliphatic carbocycles. The molecule has 1 aromatic heterocycles. The molecular formula is C24H29F6N3O2. The van der Waals surface area contributed by atoms with Crippen molar-refractivity contribution < 1.29 is 35.7 Å². The molecule has 1 aliphatic heterocycles. The number of nitrogens with zero attached hydrogens (tertiary/aromatic N) is 2. The first-order valence-corrected chi connectivity index (χ1v) is 11.3. The number of piperidine rings is 1. The summed E-state index contributed by atoms with van der Waals surface area (Å²) in [4.78, 5) is 13.2. The molecule has 1 saturated heterocycles. The lowest BCUT2D eigenvalue weighted by Gasteiger charge is -2.49. The van der Waals surface area contributed by atoms with E-state index >= 15 is 0 Å². The Hall–Kier alpha value is -2.56. The first-order chi connectivity index (χ1) is 16.0. The van der Waals surface area contributed by atoms with Crippen LogP contribution in [0.3, 0.4) is 0 Å². The van der Waals surface area contributed by atoms with Crippen LogP contribution in [-0.4, -0.2) is 45.8 Å². The average Bonchev–Trinajstić information content (AvgIpc) is 3.15. The molecule has 1 aromatic carbocycles. The zero-order valence-corrected chi connectivity index (χ0v) is 20.0. The van der Waals surface area contributed by atoms with Gasteiger partial charge in [-0.05, 0) is 65.5 Å². The molecule has 0 bridgehead atoms. The Bertz CT molecular complexity index is 1010. The van der Waals surface area contributed by atoms with E-state index in [9.17, 15) is 31.1 Å². The first kappa shape index (κ1) is 27.0. The lowest BCUT2D eigenvalue weighted by atomic mass is 9.79. The van der Waals surface area contributed by atoms with Crippen molar-refractivity contribution in [2.24, 2.45) is 0 Å². The van der Waals surface area contributed by atoms with E-state index in [0.717, 1.165) is 17.0 Å². The lowest BCUT2D eigenvalue weighted by Crippen LogP contribution is -2.63. The normalized spacial score (nSPS) is 18.5. The fourth-order valence-electron chi connectivity index (χ4n) is 5.03. The Kier molecular flexibility index (Phi) is 7.32. The van der Waals surface area contributed by atoms with E-state index in [2.05, 4.69) is 10.5 Å².